The minimum absolute atomic E-state index is 0.0171. The Bertz CT molecular complexity index is 406. The van der Waals surface area contributed by atoms with Gasteiger partial charge in [0.2, 0.25) is 5.91 Å². The first-order valence-corrected chi connectivity index (χ1v) is 8.12. The maximum absolute atomic E-state index is 12.8. The molecule has 2 atom stereocenters. The fraction of sp³-hybridized carbons (Fsp3) is 0.867. The van der Waals surface area contributed by atoms with Gasteiger partial charge in [-0.15, -0.1) is 0 Å². The van der Waals surface area contributed by atoms with Crippen LogP contribution in [0.3, 0.4) is 0 Å². The van der Waals surface area contributed by atoms with E-state index in [1.807, 2.05) is 13.8 Å². The minimum Gasteiger partial charge on any atom is -0.409 e. The standard InChI is InChI=1S/C15H28N4O2/c1-3-15(4-2,13(16)18-21)14(20)17-11-8-10-19-9-6-5-7-12(11)19/h11-12,21H,3-10H2,1-2H3,(H2,16,18)(H,17,20). The second-order valence-electron chi connectivity index (χ2n) is 6.24. The van der Waals surface area contributed by atoms with E-state index < -0.39 is 5.41 Å². The van der Waals surface area contributed by atoms with E-state index in [-0.39, 0.29) is 17.8 Å². The van der Waals surface area contributed by atoms with Gasteiger partial charge in [0.1, 0.15) is 5.41 Å². The van der Waals surface area contributed by atoms with Crippen molar-refractivity contribution in [2.45, 2.75) is 64.5 Å². The first-order chi connectivity index (χ1) is 10.1. The van der Waals surface area contributed by atoms with Crippen LogP contribution in [0.25, 0.3) is 0 Å². The van der Waals surface area contributed by atoms with Gasteiger partial charge in [0.05, 0.1) is 0 Å². The van der Waals surface area contributed by atoms with Crippen molar-refractivity contribution in [2.24, 2.45) is 16.3 Å². The molecule has 21 heavy (non-hydrogen) atoms. The van der Waals surface area contributed by atoms with E-state index in [1.165, 1.54) is 12.8 Å². The van der Waals surface area contributed by atoms with Crippen molar-refractivity contribution in [1.82, 2.24) is 10.2 Å². The number of carbonyl (C=O) groups is 1. The van der Waals surface area contributed by atoms with Crippen LogP contribution in [0.1, 0.15) is 52.4 Å². The third-order valence-corrected chi connectivity index (χ3v) is 5.41. The third kappa shape index (κ3) is 2.86. The molecule has 0 aromatic carbocycles. The molecule has 0 spiro atoms. The van der Waals surface area contributed by atoms with Gasteiger partial charge < -0.3 is 16.3 Å². The normalized spacial score (nSPS) is 27.4. The van der Waals surface area contributed by atoms with Crippen molar-refractivity contribution in [3.63, 3.8) is 0 Å². The van der Waals surface area contributed by atoms with Gasteiger partial charge >= 0.3 is 0 Å². The summed E-state index contributed by atoms with van der Waals surface area (Å²) in [7, 11) is 0. The lowest BCUT2D eigenvalue weighted by molar-refractivity contribution is -0.129. The van der Waals surface area contributed by atoms with Crippen molar-refractivity contribution >= 4 is 11.7 Å². The predicted octanol–water partition coefficient (Wildman–Crippen LogP) is 1.28. The summed E-state index contributed by atoms with van der Waals surface area (Å²) in [5.74, 6) is -0.0799. The molecule has 4 N–H and O–H groups in total. The molecule has 2 aliphatic rings. The molecule has 120 valence electrons. The Morgan fingerprint density at radius 2 is 2.05 bits per heavy atom. The number of amidine groups is 1. The van der Waals surface area contributed by atoms with Crippen molar-refractivity contribution < 1.29 is 10.0 Å². The molecule has 0 aromatic rings. The molecule has 2 saturated heterocycles. The van der Waals surface area contributed by atoms with Crippen LogP contribution >= 0.6 is 0 Å². The van der Waals surface area contributed by atoms with E-state index in [0.717, 1.165) is 25.9 Å². The molecule has 6 heteroatoms. The SMILES string of the molecule is CCC(CC)(C(=O)NC1CCN2CCCCC12)C(N)=NO. The van der Waals surface area contributed by atoms with E-state index in [4.69, 9.17) is 10.9 Å². The highest BCUT2D eigenvalue weighted by Crippen LogP contribution is 2.31. The zero-order chi connectivity index (χ0) is 15.5. The van der Waals surface area contributed by atoms with Gasteiger partial charge in [-0.2, -0.15) is 0 Å². The van der Waals surface area contributed by atoms with Crippen LogP contribution in [0.4, 0.5) is 0 Å². The Labute approximate surface area is 126 Å². The molecule has 1 amide bonds. The lowest BCUT2D eigenvalue weighted by atomic mass is 9.79. The number of oxime groups is 1. The molecule has 6 nitrogen and oxygen atoms in total. The number of nitrogens with two attached hydrogens (primary N) is 1. The number of nitrogens with one attached hydrogen (secondary N) is 1. The smallest absolute Gasteiger partial charge is 0.234 e. The van der Waals surface area contributed by atoms with Gasteiger partial charge in [0, 0.05) is 18.6 Å². The van der Waals surface area contributed by atoms with Gasteiger partial charge in [-0.25, -0.2) is 0 Å². The van der Waals surface area contributed by atoms with Crippen molar-refractivity contribution in [1.29, 1.82) is 0 Å². The fourth-order valence-corrected chi connectivity index (χ4v) is 3.87. The average Bonchev–Trinajstić information content (AvgIpc) is 2.92. The maximum Gasteiger partial charge on any atom is 0.234 e. The first kappa shape index (κ1) is 16.1. The van der Waals surface area contributed by atoms with E-state index in [2.05, 4.69) is 15.4 Å². The largest absolute Gasteiger partial charge is 0.409 e. The van der Waals surface area contributed by atoms with E-state index in [0.29, 0.717) is 18.9 Å². The quantitative estimate of drug-likeness (QED) is 0.308. The number of hydrogen-bond acceptors (Lipinski definition) is 4. The molecule has 2 fully saturated rings. The molecule has 0 radical (unpaired) electrons. The lowest BCUT2D eigenvalue weighted by Gasteiger charge is -2.35. The van der Waals surface area contributed by atoms with Gasteiger partial charge in [-0.1, -0.05) is 25.4 Å². The second-order valence-corrected chi connectivity index (χ2v) is 6.24. The zero-order valence-corrected chi connectivity index (χ0v) is 13.1. The van der Waals surface area contributed by atoms with Crippen LogP contribution in [-0.4, -0.2) is 47.0 Å². The van der Waals surface area contributed by atoms with Gasteiger partial charge in [0.15, 0.2) is 5.84 Å². The summed E-state index contributed by atoms with van der Waals surface area (Å²) >= 11 is 0. The molecule has 2 unspecified atom stereocenters. The Morgan fingerprint density at radius 1 is 1.33 bits per heavy atom. The highest BCUT2D eigenvalue weighted by Gasteiger charge is 2.43. The highest BCUT2D eigenvalue weighted by atomic mass is 16.4. The molecule has 2 heterocycles. The fourth-order valence-electron chi connectivity index (χ4n) is 3.87. The maximum atomic E-state index is 12.8. The molecular weight excluding hydrogens is 268 g/mol. The number of nitrogens with zero attached hydrogens (tertiary/aromatic N) is 2. The van der Waals surface area contributed by atoms with Gasteiger partial charge in [0.25, 0.3) is 0 Å². The summed E-state index contributed by atoms with van der Waals surface area (Å²) < 4.78 is 0. The van der Waals surface area contributed by atoms with E-state index in [1.54, 1.807) is 0 Å². The van der Waals surface area contributed by atoms with Crippen LogP contribution in [0, 0.1) is 5.41 Å². The topological polar surface area (TPSA) is 91.0 Å². The van der Waals surface area contributed by atoms with Crippen molar-refractivity contribution in [3.8, 4) is 0 Å². The molecular formula is C15H28N4O2. The number of rotatable bonds is 5. The minimum atomic E-state index is -0.892. The Kier molecular flexibility index (Phi) is 5.08. The Morgan fingerprint density at radius 3 is 2.67 bits per heavy atom. The molecule has 2 rings (SSSR count). The molecule has 0 bridgehead atoms. The van der Waals surface area contributed by atoms with Crippen LogP contribution in [0.5, 0.6) is 0 Å². The van der Waals surface area contributed by atoms with Crippen LogP contribution in [-0.2, 0) is 4.79 Å². The third-order valence-electron chi connectivity index (χ3n) is 5.41. The summed E-state index contributed by atoms with van der Waals surface area (Å²) in [6.07, 6.45) is 5.71. The number of hydrogen-bond donors (Lipinski definition) is 3. The summed E-state index contributed by atoms with van der Waals surface area (Å²) in [5.41, 5.74) is 4.92. The van der Waals surface area contributed by atoms with Crippen LogP contribution in [0.15, 0.2) is 5.16 Å². The average molecular weight is 296 g/mol. The monoisotopic (exact) mass is 296 g/mol. The highest BCUT2D eigenvalue weighted by molar-refractivity contribution is 6.06. The van der Waals surface area contributed by atoms with Gasteiger partial charge in [-0.05, 0) is 38.6 Å². The number of carbonyl (C=O) groups excluding carboxylic acids is 1. The van der Waals surface area contributed by atoms with E-state index >= 15 is 0 Å². The summed E-state index contributed by atoms with van der Waals surface area (Å²) in [6, 6.07) is 0.656. The molecule has 0 aromatic heterocycles. The molecule has 2 aliphatic heterocycles. The number of amides is 1. The van der Waals surface area contributed by atoms with E-state index in [9.17, 15) is 4.79 Å². The van der Waals surface area contributed by atoms with Crippen molar-refractivity contribution in [3.05, 3.63) is 0 Å². The predicted molar refractivity (Wildman–Crippen MR) is 82.2 cm³/mol. The van der Waals surface area contributed by atoms with Crippen molar-refractivity contribution in [2.75, 3.05) is 13.1 Å². The summed E-state index contributed by atoms with van der Waals surface area (Å²) in [6.45, 7) is 6.01. The summed E-state index contributed by atoms with van der Waals surface area (Å²) in [5, 5.41) is 15.3. The molecule has 0 saturated carbocycles. The molecule has 0 aliphatic carbocycles. The van der Waals surface area contributed by atoms with Crippen LogP contribution in [0.2, 0.25) is 0 Å². The van der Waals surface area contributed by atoms with Crippen LogP contribution < -0.4 is 11.1 Å². The summed E-state index contributed by atoms with van der Waals surface area (Å²) in [4.78, 5) is 15.2. The zero-order valence-electron chi connectivity index (χ0n) is 13.1. The number of piperidine rings is 1. The lowest BCUT2D eigenvalue weighted by Crippen LogP contribution is -2.54. The Hall–Kier alpha value is -1.30. The second kappa shape index (κ2) is 6.64. The van der Waals surface area contributed by atoms with Gasteiger partial charge in [-0.3, -0.25) is 9.69 Å². The number of fused-ring (bicyclic) bond motifs is 1. The Balaban J connectivity index is 2.09. The first-order valence-electron chi connectivity index (χ1n) is 8.12.